The van der Waals surface area contributed by atoms with Gasteiger partial charge in [0.15, 0.2) is 0 Å². The van der Waals surface area contributed by atoms with E-state index in [2.05, 4.69) is 30.4 Å². The Labute approximate surface area is 272 Å². The normalized spacial score (nSPS) is 8.27. The molecule has 1 radical (unpaired) electrons. The standard InChI is InChI=1S/2C11H12N4.2Co.4N3/c2*1-9-3-5-10(6-4-9)13-14-11-12-7-8-15(11)2;;;4*1-3-2/h2*3-8H,1-2H3;;;;;;/q;;;+3;4*-1. The average Bonchev–Trinajstić information content (AvgIpc) is 3.57. The van der Waals surface area contributed by atoms with Crippen molar-refractivity contribution in [3.63, 3.8) is 0 Å². The molecule has 22 heteroatoms. The molecular formula is C22H24Co2N20-. The second-order valence-electron chi connectivity index (χ2n) is 7.11. The van der Waals surface area contributed by atoms with Crippen LogP contribution in [0.4, 0.5) is 23.3 Å². The third kappa shape index (κ3) is 23.1. The summed E-state index contributed by atoms with van der Waals surface area (Å²) in [6, 6.07) is 15.8. The fourth-order valence-electron chi connectivity index (χ4n) is 2.34. The minimum Gasteiger partial charge on any atom is -0.373 e. The summed E-state index contributed by atoms with van der Waals surface area (Å²) in [5.41, 5.74) is 58.1. The van der Waals surface area contributed by atoms with Crippen LogP contribution in [0, 0.1) is 13.8 Å². The molecule has 4 aromatic rings. The van der Waals surface area contributed by atoms with E-state index in [4.69, 9.17) is 44.2 Å². The second kappa shape index (κ2) is 30.3. The van der Waals surface area contributed by atoms with Gasteiger partial charge >= 0.3 is 16.8 Å². The topological polar surface area (TPSA) is 320 Å². The smallest absolute Gasteiger partial charge is 0.373 e. The minimum absolute atomic E-state index is 0. The van der Waals surface area contributed by atoms with E-state index >= 15 is 0 Å². The van der Waals surface area contributed by atoms with E-state index in [0.29, 0.717) is 11.9 Å². The molecule has 2 heterocycles. The summed E-state index contributed by atoms with van der Waals surface area (Å²) in [4.78, 5) is 14.1. The van der Waals surface area contributed by atoms with Crippen molar-refractivity contribution in [2.75, 3.05) is 0 Å². The summed E-state index contributed by atoms with van der Waals surface area (Å²) in [7, 11) is 3.77. The van der Waals surface area contributed by atoms with Gasteiger partial charge in [-0.05, 0) is 38.1 Å². The van der Waals surface area contributed by atoms with Crippen molar-refractivity contribution in [2.45, 2.75) is 13.8 Å². The molecule has 0 saturated heterocycles. The van der Waals surface area contributed by atoms with Crippen molar-refractivity contribution >= 4 is 23.3 Å². The predicted molar refractivity (Wildman–Crippen MR) is 157 cm³/mol. The molecular weight excluding hydrogens is 662 g/mol. The molecule has 0 spiro atoms. The van der Waals surface area contributed by atoms with Crippen LogP contribution in [0.1, 0.15) is 11.1 Å². The fourth-order valence-corrected chi connectivity index (χ4v) is 2.34. The second-order valence-corrected chi connectivity index (χ2v) is 7.11. The van der Waals surface area contributed by atoms with Crippen molar-refractivity contribution in [3.8, 4) is 0 Å². The number of rotatable bonds is 4. The van der Waals surface area contributed by atoms with Gasteiger partial charge in [0.2, 0.25) is 11.9 Å². The molecule has 0 fully saturated rings. The maximum absolute atomic E-state index is 6.75. The van der Waals surface area contributed by atoms with Gasteiger partial charge in [0, 0.05) is 55.7 Å². The Bertz CT molecular complexity index is 1360. The van der Waals surface area contributed by atoms with Gasteiger partial charge in [-0.3, -0.25) is 19.6 Å². The van der Waals surface area contributed by atoms with E-state index in [1.165, 1.54) is 30.8 Å². The van der Waals surface area contributed by atoms with E-state index in [9.17, 15) is 0 Å². The number of aromatic nitrogens is 4. The Balaban J connectivity index is -0.000000260. The largest absolute Gasteiger partial charge is 3.00 e. The minimum atomic E-state index is 0. The molecule has 0 aliphatic carbocycles. The van der Waals surface area contributed by atoms with Gasteiger partial charge in [0.1, 0.15) is 0 Å². The van der Waals surface area contributed by atoms with Crippen LogP contribution in [-0.2, 0) is 47.7 Å². The van der Waals surface area contributed by atoms with Gasteiger partial charge in [0.05, 0.1) is 11.4 Å². The fraction of sp³-hybridized carbons (Fsp3) is 0.182. The van der Waals surface area contributed by atoms with Gasteiger partial charge in [0.25, 0.3) is 0 Å². The first-order valence-corrected chi connectivity index (χ1v) is 11.0. The molecule has 0 saturated carbocycles. The maximum Gasteiger partial charge on any atom is 3.00 e. The molecule has 4 rings (SSSR count). The van der Waals surface area contributed by atoms with Crippen LogP contribution in [0.2, 0.25) is 0 Å². The summed E-state index contributed by atoms with van der Waals surface area (Å²) in [5, 5.41) is 16.3. The molecule has 0 aliphatic rings. The number of hydrogen-bond donors (Lipinski definition) is 0. The first-order chi connectivity index (χ1) is 20.2. The Kier molecular flexibility index (Phi) is 31.2. The van der Waals surface area contributed by atoms with Crippen molar-refractivity contribution in [1.82, 2.24) is 19.1 Å². The van der Waals surface area contributed by atoms with Gasteiger partial charge in [-0.25, -0.2) is 9.97 Å². The maximum atomic E-state index is 6.75. The number of benzene rings is 2. The monoisotopic (exact) mass is 686 g/mol. The van der Waals surface area contributed by atoms with Crippen LogP contribution in [0.25, 0.3) is 63.9 Å². The number of imidazole rings is 2. The molecule has 2 aromatic heterocycles. The van der Waals surface area contributed by atoms with Gasteiger partial charge in [-0.1, -0.05) is 35.4 Å². The number of hydrogen-bond acceptors (Lipinski definition) is 6. The molecule has 0 bridgehead atoms. The summed E-state index contributed by atoms with van der Waals surface area (Å²) in [6.07, 6.45) is 7.07. The van der Waals surface area contributed by atoms with Crippen LogP contribution >= 0.6 is 0 Å². The number of nitrogens with zero attached hydrogens (tertiary/aromatic N) is 20. The summed E-state index contributed by atoms with van der Waals surface area (Å²) < 4.78 is 3.63. The molecule has 44 heavy (non-hydrogen) atoms. The Morgan fingerprint density at radius 1 is 0.523 bits per heavy atom. The molecule has 20 nitrogen and oxygen atoms in total. The van der Waals surface area contributed by atoms with Gasteiger partial charge < -0.3 is 53.4 Å². The zero-order chi connectivity index (χ0) is 32.2. The van der Waals surface area contributed by atoms with E-state index < -0.39 is 0 Å². The van der Waals surface area contributed by atoms with Crippen LogP contribution in [-0.4, -0.2) is 19.1 Å². The van der Waals surface area contributed by atoms with Crippen molar-refractivity contribution < 1.29 is 33.6 Å². The Morgan fingerprint density at radius 2 is 0.773 bits per heavy atom. The van der Waals surface area contributed by atoms with E-state index in [1.807, 2.05) is 98.0 Å². The SMILES string of the molecule is Cc1ccc(N=Nc2nccn2C)cc1.Cc1ccc(N=Nc2nccn2C)cc1.[Co+3].[Co].[N-]=[N+]=[N-].[N-]=[N+]=[N-].[N-]=[N+]=[N-].[N-]=[N+]=[N-]. The van der Waals surface area contributed by atoms with Crippen LogP contribution in [0.5, 0.6) is 0 Å². The van der Waals surface area contributed by atoms with E-state index in [0.717, 1.165) is 11.4 Å². The molecule has 0 amide bonds. The summed E-state index contributed by atoms with van der Waals surface area (Å²) >= 11 is 0. The summed E-state index contributed by atoms with van der Waals surface area (Å²) in [5.74, 6) is 1.21. The van der Waals surface area contributed by atoms with Crippen LogP contribution in [0.15, 0.2) is 93.8 Å². The first kappa shape index (κ1) is 45.3. The van der Waals surface area contributed by atoms with E-state index in [-0.39, 0.29) is 33.6 Å². The molecule has 0 aliphatic heterocycles. The van der Waals surface area contributed by atoms with Gasteiger partial charge in [-0.2, -0.15) is 0 Å². The molecule has 231 valence electrons. The first-order valence-electron chi connectivity index (χ1n) is 11.0. The zero-order valence-corrected chi connectivity index (χ0v) is 25.6. The molecule has 0 atom stereocenters. The van der Waals surface area contributed by atoms with Crippen molar-refractivity contribution in [3.05, 3.63) is 148 Å². The third-order valence-electron chi connectivity index (χ3n) is 4.17. The number of aryl methyl sites for hydroxylation is 4. The zero-order valence-electron chi connectivity index (χ0n) is 23.5. The number of azo groups is 2. The van der Waals surface area contributed by atoms with Gasteiger partial charge in [-0.15, -0.1) is 20.5 Å². The van der Waals surface area contributed by atoms with Crippen LogP contribution < -0.4 is 0 Å². The molecule has 0 unspecified atom stereocenters. The Morgan fingerprint density at radius 3 is 0.977 bits per heavy atom. The van der Waals surface area contributed by atoms with Crippen molar-refractivity contribution in [1.29, 1.82) is 0 Å². The predicted octanol–water partition coefficient (Wildman–Crippen LogP) is 9.75. The summed E-state index contributed by atoms with van der Waals surface area (Å²) in [6.45, 7) is 4.08. The molecule has 0 N–H and O–H groups in total. The van der Waals surface area contributed by atoms with E-state index in [1.54, 1.807) is 12.4 Å². The van der Waals surface area contributed by atoms with Crippen LogP contribution in [0.3, 0.4) is 0 Å². The Hall–Kier alpha value is -5.69. The third-order valence-corrected chi connectivity index (χ3v) is 4.17. The average molecular weight is 686 g/mol. The molecule has 2 aromatic carbocycles. The quantitative estimate of drug-likeness (QED) is 0.115. The van der Waals surface area contributed by atoms with Crippen molar-refractivity contribution in [2.24, 2.45) is 34.6 Å².